The van der Waals surface area contributed by atoms with E-state index in [9.17, 15) is 8.42 Å². The van der Waals surface area contributed by atoms with Crippen molar-refractivity contribution in [3.8, 4) is 5.75 Å². The van der Waals surface area contributed by atoms with Crippen LogP contribution in [0, 0.1) is 0 Å². The van der Waals surface area contributed by atoms with Gasteiger partial charge in [-0.3, -0.25) is 9.58 Å². The maximum Gasteiger partial charge on any atom is 0.181 e. The van der Waals surface area contributed by atoms with Crippen LogP contribution in [0.15, 0.2) is 59.8 Å². The third-order valence-electron chi connectivity index (χ3n) is 7.26. The normalized spacial score (nSPS) is 19.7. The van der Waals surface area contributed by atoms with Crippen LogP contribution in [-0.2, 0) is 29.7 Å². The summed E-state index contributed by atoms with van der Waals surface area (Å²) >= 11 is 6.29. The topological polar surface area (TPSA) is 64.4 Å². The lowest BCUT2D eigenvalue weighted by Crippen LogP contribution is -2.49. The van der Waals surface area contributed by atoms with Gasteiger partial charge in [0.15, 0.2) is 9.84 Å². The Morgan fingerprint density at radius 1 is 1.17 bits per heavy atom. The van der Waals surface area contributed by atoms with Crippen LogP contribution in [0.3, 0.4) is 0 Å². The molecular formula is C27H33Cl2N3O3S. The fourth-order valence-corrected chi connectivity index (χ4v) is 6.80. The van der Waals surface area contributed by atoms with E-state index in [0.29, 0.717) is 25.0 Å². The number of hydrogen-bond donors (Lipinski definition) is 0. The van der Waals surface area contributed by atoms with Crippen LogP contribution in [0.1, 0.15) is 41.9 Å². The minimum Gasteiger partial charge on any atom is -0.494 e. The minimum absolute atomic E-state index is 0. The number of likely N-dealkylation sites (tertiary alicyclic amines) is 1. The molecule has 3 aromatic rings. The molecule has 1 aromatic heterocycles. The molecule has 2 aromatic carbocycles. The fraction of sp³-hybridized carbons (Fsp3) is 0.444. The molecule has 0 radical (unpaired) electrons. The molecule has 1 fully saturated rings. The molecule has 2 aliphatic rings. The number of ether oxygens (including phenoxy) is 1. The Bertz CT molecular complexity index is 1290. The van der Waals surface area contributed by atoms with E-state index in [0.717, 1.165) is 23.6 Å². The predicted octanol–water partition coefficient (Wildman–Crippen LogP) is 5.08. The molecule has 0 saturated carbocycles. The molecule has 0 N–H and O–H groups in total. The molecule has 9 heteroatoms. The standard InChI is InChI=1S/C27H32ClN3O3S.ClH/c1-30-19-24(18-29-30)35(32,33)14-4-13-34-23-9-7-21-8-10-27(31-11-3-12-31)26(25(21)17-23)16-20-5-2-6-22(28)15-20;/h2,5-7,9,15,17-19,26-27H,3-4,8,10-14,16H2,1H3;1H. The summed E-state index contributed by atoms with van der Waals surface area (Å²) in [7, 11) is -1.64. The van der Waals surface area contributed by atoms with Crippen LogP contribution in [0.4, 0.5) is 0 Å². The molecule has 36 heavy (non-hydrogen) atoms. The van der Waals surface area contributed by atoms with E-state index >= 15 is 0 Å². The molecule has 2 atom stereocenters. The van der Waals surface area contributed by atoms with Gasteiger partial charge in [-0.25, -0.2) is 8.42 Å². The van der Waals surface area contributed by atoms with Crippen molar-refractivity contribution in [3.05, 3.63) is 76.6 Å². The maximum atomic E-state index is 12.5. The summed E-state index contributed by atoms with van der Waals surface area (Å²) in [5, 5.41) is 4.74. The number of rotatable bonds is 9. The van der Waals surface area contributed by atoms with Crippen molar-refractivity contribution < 1.29 is 13.2 Å². The highest BCUT2D eigenvalue weighted by atomic mass is 35.5. The lowest BCUT2D eigenvalue weighted by molar-refractivity contribution is 0.0876. The third kappa shape index (κ3) is 6.08. The summed E-state index contributed by atoms with van der Waals surface area (Å²) in [6.07, 6.45) is 7.83. The summed E-state index contributed by atoms with van der Waals surface area (Å²) in [6, 6.07) is 15.1. The number of aryl methyl sites for hydroxylation is 2. The van der Waals surface area contributed by atoms with Gasteiger partial charge >= 0.3 is 0 Å². The lowest BCUT2D eigenvalue weighted by Gasteiger charge is -2.45. The Morgan fingerprint density at radius 3 is 2.69 bits per heavy atom. The molecule has 2 unspecified atom stereocenters. The summed E-state index contributed by atoms with van der Waals surface area (Å²) in [5.41, 5.74) is 4.00. The van der Waals surface area contributed by atoms with Crippen molar-refractivity contribution in [2.45, 2.75) is 49.0 Å². The Kier molecular flexibility index (Phi) is 8.66. The molecule has 1 saturated heterocycles. The van der Waals surface area contributed by atoms with Gasteiger partial charge < -0.3 is 4.74 Å². The smallest absolute Gasteiger partial charge is 0.181 e. The van der Waals surface area contributed by atoms with Crippen LogP contribution in [0.2, 0.25) is 5.02 Å². The van der Waals surface area contributed by atoms with Gasteiger partial charge in [0.2, 0.25) is 0 Å². The first-order valence-electron chi connectivity index (χ1n) is 12.3. The molecule has 0 amide bonds. The van der Waals surface area contributed by atoms with Gasteiger partial charge in [-0.05, 0) is 86.1 Å². The molecule has 1 aliphatic heterocycles. The second-order valence-electron chi connectivity index (χ2n) is 9.67. The first-order valence-corrected chi connectivity index (χ1v) is 14.4. The fourth-order valence-electron chi connectivity index (χ4n) is 5.34. The van der Waals surface area contributed by atoms with E-state index in [1.54, 1.807) is 7.05 Å². The molecule has 2 heterocycles. The van der Waals surface area contributed by atoms with Gasteiger partial charge in [0.25, 0.3) is 0 Å². The van der Waals surface area contributed by atoms with Crippen LogP contribution >= 0.6 is 24.0 Å². The minimum atomic E-state index is -3.35. The Balaban J connectivity index is 0.00000304. The summed E-state index contributed by atoms with van der Waals surface area (Å²) in [5.74, 6) is 1.23. The van der Waals surface area contributed by atoms with Crippen LogP contribution in [-0.4, -0.2) is 54.6 Å². The highest BCUT2D eigenvalue weighted by Gasteiger charge is 2.36. The van der Waals surface area contributed by atoms with E-state index in [-0.39, 0.29) is 23.1 Å². The predicted molar refractivity (Wildman–Crippen MR) is 145 cm³/mol. The van der Waals surface area contributed by atoms with Crippen molar-refractivity contribution in [1.82, 2.24) is 14.7 Å². The van der Waals surface area contributed by atoms with Gasteiger partial charge in [-0.1, -0.05) is 29.8 Å². The molecule has 5 rings (SSSR count). The number of fused-ring (bicyclic) bond motifs is 1. The number of benzene rings is 2. The van der Waals surface area contributed by atoms with Gasteiger partial charge in [-0.2, -0.15) is 5.10 Å². The zero-order valence-corrected chi connectivity index (χ0v) is 22.9. The Morgan fingerprint density at radius 2 is 2.00 bits per heavy atom. The largest absolute Gasteiger partial charge is 0.494 e. The first-order chi connectivity index (χ1) is 16.9. The maximum absolute atomic E-state index is 12.5. The monoisotopic (exact) mass is 549 g/mol. The van der Waals surface area contributed by atoms with Crippen molar-refractivity contribution in [2.24, 2.45) is 7.05 Å². The first kappa shape index (κ1) is 27.0. The lowest BCUT2D eigenvalue weighted by atomic mass is 9.75. The van der Waals surface area contributed by atoms with Crippen molar-refractivity contribution in [3.63, 3.8) is 0 Å². The number of aromatic nitrogens is 2. The van der Waals surface area contributed by atoms with E-state index in [2.05, 4.69) is 34.3 Å². The second kappa shape index (κ2) is 11.5. The highest BCUT2D eigenvalue weighted by molar-refractivity contribution is 7.91. The molecule has 0 spiro atoms. The van der Waals surface area contributed by atoms with Crippen LogP contribution < -0.4 is 4.74 Å². The average Bonchev–Trinajstić information content (AvgIpc) is 3.24. The Labute approximate surface area is 224 Å². The van der Waals surface area contributed by atoms with Gasteiger partial charge in [0.1, 0.15) is 10.6 Å². The SMILES string of the molecule is Cl.Cn1cc(S(=O)(=O)CCCOc2ccc3c(c2)C(Cc2cccc(Cl)c2)C(N2CCC2)CC3)cn1. The van der Waals surface area contributed by atoms with Crippen molar-refractivity contribution in [1.29, 1.82) is 0 Å². The summed E-state index contributed by atoms with van der Waals surface area (Å²) in [4.78, 5) is 2.88. The molecule has 194 valence electrons. The van der Waals surface area contributed by atoms with Gasteiger partial charge in [0, 0.05) is 30.2 Å². The average molecular weight is 551 g/mol. The van der Waals surface area contributed by atoms with E-state index in [4.69, 9.17) is 16.3 Å². The zero-order valence-electron chi connectivity index (χ0n) is 20.5. The van der Waals surface area contributed by atoms with Gasteiger partial charge in [-0.15, -0.1) is 12.4 Å². The highest BCUT2D eigenvalue weighted by Crippen LogP contribution is 2.40. The zero-order chi connectivity index (χ0) is 24.4. The summed E-state index contributed by atoms with van der Waals surface area (Å²) in [6.45, 7) is 2.70. The van der Waals surface area contributed by atoms with Gasteiger partial charge in [0.05, 0.1) is 18.6 Å². The third-order valence-corrected chi connectivity index (χ3v) is 9.25. The molecular weight excluding hydrogens is 517 g/mol. The summed E-state index contributed by atoms with van der Waals surface area (Å²) < 4.78 is 32.5. The number of hydrogen-bond acceptors (Lipinski definition) is 5. The Hall–Kier alpha value is -2.06. The number of sulfone groups is 1. The molecule has 1 aliphatic carbocycles. The van der Waals surface area contributed by atoms with Crippen molar-refractivity contribution in [2.75, 3.05) is 25.4 Å². The van der Waals surface area contributed by atoms with Crippen molar-refractivity contribution >= 4 is 33.8 Å². The van der Waals surface area contributed by atoms with Crippen LogP contribution in [0.5, 0.6) is 5.75 Å². The quantitative estimate of drug-likeness (QED) is 0.348. The van der Waals surface area contributed by atoms with E-state index in [1.807, 2.05) is 18.2 Å². The van der Waals surface area contributed by atoms with E-state index < -0.39 is 9.84 Å². The van der Waals surface area contributed by atoms with E-state index in [1.165, 1.54) is 59.7 Å². The van der Waals surface area contributed by atoms with Crippen LogP contribution in [0.25, 0.3) is 0 Å². The number of nitrogens with zero attached hydrogens (tertiary/aromatic N) is 3. The number of halogens is 2. The second-order valence-corrected chi connectivity index (χ2v) is 12.2. The molecule has 0 bridgehead atoms. The molecule has 6 nitrogen and oxygen atoms in total.